The first-order valence-electron chi connectivity index (χ1n) is 3.92. The van der Waals surface area contributed by atoms with Gasteiger partial charge in [0.1, 0.15) is 0 Å². The molecule has 0 aromatic heterocycles. The first-order valence-corrected chi connectivity index (χ1v) is 4.92. The van der Waals surface area contributed by atoms with Crippen LogP contribution in [0.2, 0.25) is 0 Å². The van der Waals surface area contributed by atoms with Gasteiger partial charge in [-0.25, -0.2) is 0 Å². The second-order valence-corrected chi connectivity index (χ2v) is 2.70. The predicted octanol–water partition coefficient (Wildman–Crippen LogP) is 1.45. The van der Waals surface area contributed by atoms with Crippen molar-refractivity contribution >= 4 is 10.2 Å². The fourth-order valence-corrected chi connectivity index (χ4v) is 1.04. The Bertz CT molecular complexity index is 151. The smallest absolute Gasteiger partial charge is 0.0906 e. The molecule has 0 aliphatic rings. The van der Waals surface area contributed by atoms with Gasteiger partial charge in [-0.3, -0.25) is 0 Å². The van der Waals surface area contributed by atoms with E-state index < -0.39 is 0 Å². The molecule has 0 radical (unpaired) electrons. The highest BCUT2D eigenvalue weighted by atomic mass is 28.1. The van der Waals surface area contributed by atoms with Gasteiger partial charge in [0.05, 0.1) is 10.2 Å². The molecule has 0 aromatic rings. The normalized spacial score (nSPS) is 8.20. The maximum Gasteiger partial charge on any atom is 0.0906 e. The van der Waals surface area contributed by atoms with Crippen LogP contribution in [0.1, 0.15) is 33.1 Å². The Hall–Kier alpha value is -0.483. The molecule has 0 atom stereocenters. The molecule has 0 fully saturated rings. The summed E-state index contributed by atoms with van der Waals surface area (Å²) >= 11 is 0. The standard InChI is InChI=1S/C9H16Si/c1-3-9(4-2)7-5-6-8-10/h7H,3-5H2,1-2,10H3. The van der Waals surface area contributed by atoms with Gasteiger partial charge < -0.3 is 0 Å². The summed E-state index contributed by atoms with van der Waals surface area (Å²) in [4.78, 5) is 0. The van der Waals surface area contributed by atoms with Crippen molar-refractivity contribution in [3.8, 4) is 11.5 Å². The minimum Gasteiger partial charge on any atom is -0.143 e. The molecule has 0 saturated carbocycles. The Morgan fingerprint density at radius 1 is 1.40 bits per heavy atom. The van der Waals surface area contributed by atoms with E-state index in [9.17, 15) is 0 Å². The van der Waals surface area contributed by atoms with Gasteiger partial charge in [0.2, 0.25) is 0 Å². The van der Waals surface area contributed by atoms with Crippen LogP contribution in [0.25, 0.3) is 0 Å². The van der Waals surface area contributed by atoms with E-state index in [0.717, 1.165) is 16.7 Å². The molecule has 0 aliphatic heterocycles. The van der Waals surface area contributed by atoms with Crippen molar-refractivity contribution in [2.75, 3.05) is 0 Å². The van der Waals surface area contributed by atoms with Gasteiger partial charge in [-0.1, -0.05) is 25.5 Å². The minimum atomic E-state index is 0.959. The molecule has 0 N–H and O–H groups in total. The van der Waals surface area contributed by atoms with Crippen LogP contribution in [-0.4, -0.2) is 10.2 Å². The molecule has 0 saturated heterocycles. The molecule has 0 aliphatic carbocycles. The van der Waals surface area contributed by atoms with Gasteiger partial charge >= 0.3 is 0 Å². The highest BCUT2D eigenvalue weighted by molar-refractivity contribution is 6.22. The largest absolute Gasteiger partial charge is 0.143 e. The third kappa shape index (κ3) is 4.40. The van der Waals surface area contributed by atoms with Crippen LogP contribution in [0, 0.1) is 11.5 Å². The third-order valence-electron chi connectivity index (χ3n) is 1.58. The van der Waals surface area contributed by atoms with Crippen molar-refractivity contribution in [3.63, 3.8) is 0 Å². The van der Waals surface area contributed by atoms with Gasteiger partial charge in [0.15, 0.2) is 0 Å². The maximum atomic E-state index is 3.08. The van der Waals surface area contributed by atoms with Crippen molar-refractivity contribution in [1.82, 2.24) is 0 Å². The molecular weight excluding hydrogens is 136 g/mol. The topological polar surface area (TPSA) is 0 Å². The maximum absolute atomic E-state index is 3.08. The molecule has 0 unspecified atom stereocenters. The fraction of sp³-hybridized carbons (Fsp3) is 0.556. The average Bonchev–Trinajstić information content (AvgIpc) is 1.99. The SMILES string of the molecule is CCC(=CCC#C[SiH3])CC. The van der Waals surface area contributed by atoms with Crippen LogP contribution in [0.15, 0.2) is 11.6 Å². The van der Waals surface area contributed by atoms with Gasteiger partial charge in [-0.05, 0) is 12.8 Å². The van der Waals surface area contributed by atoms with Gasteiger partial charge in [0, 0.05) is 6.42 Å². The average molecular weight is 152 g/mol. The third-order valence-corrected chi connectivity index (χ3v) is 1.93. The van der Waals surface area contributed by atoms with Crippen LogP contribution in [0.5, 0.6) is 0 Å². The predicted molar refractivity (Wildman–Crippen MR) is 51.0 cm³/mol. The van der Waals surface area contributed by atoms with E-state index >= 15 is 0 Å². The zero-order chi connectivity index (χ0) is 7.82. The molecule has 0 aromatic carbocycles. The molecule has 0 nitrogen and oxygen atoms in total. The number of rotatable bonds is 3. The summed E-state index contributed by atoms with van der Waals surface area (Å²) in [6.45, 7) is 4.40. The molecule has 0 heterocycles. The molecule has 1 heteroatoms. The van der Waals surface area contributed by atoms with E-state index in [1.807, 2.05) is 0 Å². The summed E-state index contributed by atoms with van der Waals surface area (Å²) in [5.41, 5.74) is 4.55. The van der Waals surface area contributed by atoms with E-state index in [1.165, 1.54) is 18.4 Å². The van der Waals surface area contributed by atoms with Gasteiger partial charge in [-0.15, -0.1) is 11.5 Å². The minimum absolute atomic E-state index is 0.959. The Kier molecular flexibility index (Phi) is 6.31. The van der Waals surface area contributed by atoms with Gasteiger partial charge in [-0.2, -0.15) is 0 Å². The second kappa shape index (κ2) is 6.63. The van der Waals surface area contributed by atoms with Crippen LogP contribution in [0.4, 0.5) is 0 Å². The van der Waals surface area contributed by atoms with Crippen LogP contribution < -0.4 is 0 Å². The molecule has 0 rings (SSSR count). The summed E-state index contributed by atoms with van der Waals surface area (Å²) in [5.74, 6) is 3.08. The lowest BCUT2D eigenvalue weighted by Crippen LogP contribution is -1.76. The molecule has 0 amide bonds. The Labute approximate surface area is 67.1 Å². The summed E-state index contributed by atoms with van der Waals surface area (Å²) in [6, 6.07) is 0. The lowest BCUT2D eigenvalue weighted by molar-refractivity contribution is 0.966. The second-order valence-electron chi connectivity index (χ2n) is 2.20. The summed E-state index contributed by atoms with van der Waals surface area (Å²) in [5, 5.41) is 0. The summed E-state index contributed by atoms with van der Waals surface area (Å²) in [7, 11) is 1.01. The van der Waals surface area contributed by atoms with Crippen molar-refractivity contribution in [1.29, 1.82) is 0 Å². The highest BCUT2D eigenvalue weighted by Gasteiger charge is 1.85. The highest BCUT2D eigenvalue weighted by Crippen LogP contribution is 2.05. The first kappa shape index (κ1) is 9.52. The molecule has 0 bridgehead atoms. The van der Waals surface area contributed by atoms with Crippen molar-refractivity contribution in [2.45, 2.75) is 33.1 Å². The number of hydrogen-bond acceptors (Lipinski definition) is 0. The monoisotopic (exact) mass is 152 g/mol. The lowest BCUT2D eigenvalue weighted by atomic mass is 10.1. The van der Waals surface area contributed by atoms with E-state index in [0.29, 0.717) is 0 Å². The number of allylic oxidation sites excluding steroid dienone is 2. The molecule has 10 heavy (non-hydrogen) atoms. The number of hydrogen-bond donors (Lipinski definition) is 0. The summed E-state index contributed by atoms with van der Waals surface area (Å²) < 4.78 is 0. The van der Waals surface area contributed by atoms with E-state index in [4.69, 9.17) is 0 Å². The van der Waals surface area contributed by atoms with Crippen molar-refractivity contribution in [2.24, 2.45) is 0 Å². The fourth-order valence-electron chi connectivity index (χ4n) is 0.836. The van der Waals surface area contributed by atoms with E-state index in [1.54, 1.807) is 0 Å². The molecular formula is C9H16Si. The van der Waals surface area contributed by atoms with E-state index in [-0.39, 0.29) is 0 Å². The van der Waals surface area contributed by atoms with Crippen LogP contribution in [-0.2, 0) is 0 Å². The Morgan fingerprint density at radius 2 is 2.00 bits per heavy atom. The van der Waals surface area contributed by atoms with Crippen LogP contribution >= 0.6 is 0 Å². The first-order chi connectivity index (χ1) is 4.85. The van der Waals surface area contributed by atoms with Crippen molar-refractivity contribution in [3.05, 3.63) is 11.6 Å². The van der Waals surface area contributed by atoms with Crippen molar-refractivity contribution < 1.29 is 0 Å². The Balaban J connectivity index is 3.70. The van der Waals surface area contributed by atoms with E-state index in [2.05, 4.69) is 31.4 Å². The zero-order valence-corrected chi connectivity index (χ0v) is 9.20. The van der Waals surface area contributed by atoms with Crippen LogP contribution in [0.3, 0.4) is 0 Å². The Morgan fingerprint density at radius 3 is 2.40 bits per heavy atom. The molecule has 0 spiro atoms. The molecule has 56 valence electrons. The zero-order valence-electron chi connectivity index (χ0n) is 7.20. The summed E-state index contributed by atoms with van der Waals surface area (Å²) in [6.07, 6.45) is 5.57. The quantitative estimate of drug-likeness (QED) is 0.326. The van der Waals surface area contributed by atoms with Gasteiger partial charge in [0.25, 0.3) is 0 Å². The lowest BCUT2D eigenvalue weighted by Gasteiger charge is -1.95.